The molecule has 7 nitrogen and oxygen atoms in total. The number of hydrogen-bond acceptors (Lipinski definition) is 6. The summed E-state index contributed by atoms with van der Waals surface area (Å²) in [7, 11) is -0.425. The molecule has 2 N–H and O–H groups in total. The number of rotatable bonds is 5. The van der Waals surface area contributed by atoms with E-state index in [-0.39, 0.29) is 35.8 Å². The molecule has 0 aromatic heterocycles. The van der Waals surface area contributed by atoms with E-state index < -0.39 is 16.1 Å². The Hall–Kier alpha value is -2.57. The van der Waals surface area contributed by atoms with Gasteiger partial charge in [-0.1, -0.05) is 24.8 Å². The van der Waals surface area contributed by atoms with Crippen LogP contribution in [-0.4, -0.2) is 63.8 Å². The second-order valence-corrected chi connectivity index (χ2v) is 9.80. The summed E-state index contributed by atoms with van der Waals surface area (Å²) in [4.78, 5) is 0.0812. The SMILES string of the molecule is CNC[C@@H]1Oc2cc(C#Cc3cccc(OC)c3)ccc2S(=O)(=O)N([C@@H](C)CO)C[C@H]1C. The minimum atomic E-state index is -3.85. The van der Waals surface area contributed by atoms with Gasteiger partial charge in [0.2, 0.25) is 10.0 Å². The largest absolute Gasteiger partial charge is 0.497 e. The van der Waals surface area contributed by atoms with Crippen molar-refractivity contribution in [3.63, 3.8) is 0 Å². The molecule has 2 aromatic carbocycles. The van der Waals surface area contributed by atoms with Crippen LogP contribution in [0.4, 0.5) is 0 Å². The van der Waals surface area contributed by atoms with Crippen LogP contribution in [0.25, 0.3) is 0 Å². The number of nitrogens with one attached hydrogen (secondary N) is 1. The van der Waals surface area contributed by atoms with Crippen molar-refractivity contribution in [2.75, 3.05) is 33.9 Å². The summed E-state index contributed by atoms with van der Waals surface area (Å²) in [5.41, 5.74) is 1.43. The molecule has 1 heterocycles. The van der Waals surface area contributed by atoms with Gasteiger partial charge >= 0.3 is 0 Å². The third kappa shape index (κ3) is 5.25. The summed E-state index contributed by atoms with van der Waals surface area (Å²) in [6.45, 7) is 4.21. The molecule has 3 rings (SSSR count). The van der Waals surface area contributed by atoms with Gasteiger partial charge in [0.1, 0.15) is 22.5 Å². The maximum Gasteiger partial charge on any atom is 0.247 e. The Morgan fingerprint density at radius 3 is 2.62 bits per heavy atom. The highest BCUT2D eigenvalue weighted by atomic mass is 32.2. The Balaban J connectivity index is 2.05. The van der Waals surface area contributed by atoms with E-state index in [1.807, 2.05) is 38.2 Å². The van der Waals surface area contributed by atoms with Crippen LogP contribution >= 0.6 is 0 Å². The lowest BCUT2D eigenvalue weighted by Crippen LogP contribution is -2.49. The van der Waals surface area contributed by atoms with Gasteiger partial charge in [0.25, 0.3) is 0 Å². The van der Waals surface area contributed by atoms with E-state index >= 15 is 0 Å². The van der Waals surface area contributed by atoms with Crippen LogP contribution in [0.15, 0.2) is 47.4 Å². The Bertz CT molecular complexity index is 1110. The van der Waals surface area contributed by atoms with E-state index in [0.29, 0.717) is 17.9 Å². The fourth-order valence-electron chi connectivity index (χ4n) is 3.59. The maximum atomic E-state index is 13.4. The third-order valence-electron chi connectivity index (χ3n) is 5.49. The summed E-state index contributed by atoms with van der Waals surface area (Å²) >= 11 is 0. The highest BCUT2D eigenvalue weighted by molar-refractivity contribution is 7.89. The van der Waals surface area contributed by atoms with Gasteiger partial charge in [-0.2, -0.15) is 4.31 Å². The molecule has 8 heteroatoms. The zero-order valence-electron chi connectivity index (χ0n) is 18.8. The predicted molar refractivity (Wildman–Crippen MR) is 123 cm³/mol. The zero-order chi connectivity index (χ0) is 23.3. The Morgan fingerprint density at radius 2 is 1.97 bits per heavy atom. The van der Waals surface area contributed by atoms with Crippen molar-refractivity contribution in [2.24, 2.45) is 5.92 Å². The first-order valence-electron chi connectivity index (χ1n) is 10.5. The third-order valence-corrected chi connectivity index (χ3v) is 7.51. The molecule has 32 heavy (non-hydrogen) atoms. The lowest BCUT2D eigenvalue weighted by molar-refractivity contribution is 0.103. The molecule has 0 spiro atoms. The van der Waals surface area contributed by atoms with E-state index in [1.165, 1.54) is 10.4 Å². The van der Waals surface area contributed by atoms with E-state index in [4.69, 9.17) is 9.47 Å². The fraction of sp³-hybridized carbons (Fsp3) is 0.417. The van der Waals surface area contributed by atoms with Crippen molar-refractivity contribution < 1.29 is 23.0 Å². The first-order valence-corrected chi connectivity index (χ1v) is 12.0. The van der Waals surface area contributed by atoms with Crippen LogP contribution in [-0.2, 0) is 10.0 Å². The van der Waals surface area contributed by atoms with Crippen molar-refractivity contribution in [3.8, 4) is 23.3 Å². The maximum absolute atomic E-state index is 13.4. The molecular formula is C24H30N2O5S. The first-order chi connectivity index (χ1) is 15.3. The normalized spacial score (nSPS) is 21.2. The quantitative estimate of drug-likeness (QED) is 0.667. The van der Waals surface area contributed by atoms with Crippen LogP contribution in [0.2, 0.25) is 0 Å². The molecule has 0 radical (unpaired) electrons. The number of nitrogens with zero attached hydrogens (tertiary/aromatic N) is 1. The Kier molecular flexibility index (Phi) is 7.80. The molecular weight excluding hydrogens is 428 g/mol. The summed E-state index contributed by atoms with van der Waals surface area (Å²) in [6.07, 6.45) is -0.246. The molecule has 0 saturated carbocycles. The zero-order valence-corrected chi connectivity index (χ0v) is 19.6. The molecule has 3 atom stereocenters. The lowest BCUT2D eigenvalue weighted by Gasteiger charge is -2.36. The number of aliphatic hydroxyl groups is 1. The molecule has 2 aromatic rings. The second kappa shape index (κ2) is 10.4. The number of sulfonamides is 1. The van der Waals surface area contributed by atoms with E-state index in [1.54, 1.807) is 26.2 Å². The standard InChI is InChI=1S/C24H30N2O5S/c1-17-15-26(18(2)16-27)32(28,29)24-11-10-20(13-22(24)31-23(17)14-25-3)9-8-19-6-5-7-21(12-19)30-4/h5-7,10-13,17-18,23,25,27H,14-16H2,1-4H3/t17-,18+,23+/m1/s1. The smallest absolute Gasteiger partial charge is 0.247 e. The summed E-state index contributed by atoms with van der Waals surface area (Å²) in [6, 6.07) is 11.7. The Labute approximate surface area is 190 Å². The molecule has 0 bridgehead atoms. The van der Waals surface area contributed by atoms with Crippen LogP contribution in [0.5, 0.6) is 11.5 Å². The highest BCUT2D eigenvalue weighted by Crippen LogP contribution is 2.33. The molecule has 0 fully saturated rings. The number of ether oxygens (including phenoxy) is 2. The van der Waals surface area contributed by atoms with E-state index in [0.717, 1.165) is 5.56 Å². The first kappa shape index (κ1) is 24.1. The van der Waals surface area contributed by atoms with Crippen molar-refractivity contribution in [3.05, 3.63) is 53.6 Å². The number of methoxy groups -OCH3 is 1. The van der Waals surface area contributed by atoms with Gasteiger partial charge < -0.3 is 19.9 Å². The number of benzene rings is 2. The fourth-order valence-corrected chi connectivity index (χ4v) is 5.42. The molecule has 0 amide bonds. The predicted octanol–water partition coefficient (Wildman–Crippen LogP) is 2.08. The van der Waals surface area contributed by atoms with E-state index in [9.17, 15) is 13.5 Å². The molecule has 0 aliphatic carbocycles. The van der Waals surface area contributed by atoms with Crippen LogP contribution in [0.3, 0.4) is 0 Å². The summed E-state index contributed by atoms with van der Waals surface area (Å²) in [5, 5.41) is 12.8. The number of hydrogen-bond donors (Lipinski definition) is 2. The minimum Gasteiger partial charge on any atom is -0.497 e. The van der Waals surface area contributed by atoms with Crippen molar-refractivity contribution in [2.45, 2.75) is 30.9 Å². The van der Waals surface area contributed by atoms with Crippen LogP contribution < -0.4 is 14.8 Å². The Morgan fingerprint density at radius 1 is 1.25 bits per heavy atom. The van der Waals surface area contributed by atoms with Crippen molar-refractivity contribution in [1.29, 1.82) is 0 Å². The number of likely N-dealkylation sites (N-methyl/N-ethyl adjacent to an activating group) is 1. The van der Waals surface area contributed by atoms with Gasteiger partial charge in [-0.15, -0.1) is 0 Å². The van der Waals surface area contributed by atoms with Gasteiger partial charge in [0.15, 0.2) is 0 Å². The van der Waals surface area contributed by atoms with Crippen LogP contribution in [0.1, 0.15) is 25.0 Å². The average molecular weight is 459 g/mol. The number of fused-ring (bicyclic) bond motifs is 1. The van der Waals surface area contributed by atoms with Crippen LogP contribution in [0, 0.1) is 17.8 Å². The van der Waals surface area contributed by atoms with Crippen molar-refractivity contribution >= 4 is 10.0 Å². The summed E-state index contributed by atoms with van der Waals surface area (Å²) < 4.78 is 39.6. The lowest BCUT2D eigenvalue weighted by atomic mass is 10.0. The highest BCUT2D eigenvalue weighted by Gasteiger charge is 2.37. The molecule has 0 saturated heterocycles. The number of aliphatic hydroxyl groups excluding tert-OH is 1. The average Bonchev–Trinajstić information content (AvgIpc) is 2.79. The molecule has 1 aliphatic heterocycles. The van der Waals surface area contributed by atoms with Crippen molar-refractivity contribution in [1.82, 2.24) is 9.62 Å². The molecule has 1 aliphatic rings. The molecule has 0 unspecified atom stereocenters. The van der Waals surface area contributed by atoms with Gasteiger partial charge in [-0.3, -0.25) is 0 Å². The topological polar surface area (TPSA) is 88.1 Å². The van der Waals surface area contributed by atoms with Gasteiger partial charge in [0.05, 0.1) is 13.7 Å². The monoisotopic (exact) mass is 458 g/mol. The van der Waals surface area contributed by atoms with Gasteiger partial charge in [-0.05, 0) is 50.4 Å². The van der Waals surface area contributed by atoms with E-state index in [2.05, 4.69) is 17.2 Å². The second-order valence-electron chi connectivity index (χ2n) is 7.94. The molecule has 172 valence electrons. The van der Waals surface area contributed by atoms with Gasteiger partial charge in [-0.25, -0.2) is 8.42 Å². The van der Waals surface area contributed by atoms with Gasteiger partial charge in [0, 0.05) is 36.2 Å². The summed E-state index contributed by atoms with van der Waals surface area (Å²) in [5.74, 6) is 7.05. The minimum absolute atomic E-state index is 0.0812.